The highest BCUT2D eigenvalue weighted by molar-refractivity contribution is 5.53. The average molecular weight is 305 g/mol. The Morgan fingerprint density at radius 1 is 1.18 bits per heavy atom. The first kappa shape index (κ1) is 15.0. The van der Waals surface area contributed by atoms with Crippen LogP contribution in [0, 0.1) is 0 Å². The fraction of sp³-hybridized carbons (Fsp3) is 0.588. The molecule has 3 rings (SSSR count). The first-order valence-corrected chi connectivity index (χ1v) is 7.69. The summed E-state index contributed by atoms with van der Waals surface area (Å²) in [5.74, 6) is 1.17. The van der Waals surface area contributed by atoms with Gasteiger partial charge < -0.3 is 9.47 Å². The third kappa shape index (κ3) is 2.50. The maximum atomic E-state index is 14.7. The van der Waals surface area contributed by atoms with Gasteiger partial charge in [-0.05, 0) is 56.4 Å². The van der Waals surface area contributed by atoms with Crippen molar-refractivity contribution in [3.63, 3.8) is 0 Å². The lowest BCUT2D eigenvalue weighted by molar-refractivity contribution is 0.200. The molecule has 0 atom stereocenters. The zero-order chi connectivity index (χ0) is 15.8. The number of halogens is 1. The summed E-state index contributed by atoms with van der Waals surface area (Å²) in [5, 5.41) is 0. The molecule has 22 heavy (non-hydrogen) atoms. The van der Waals surface area contributed by atoms with Gasteiger partial charge in [-0.25, -0.2) is 9.18 Å². The number of hydrogen-bond donors (Lipinski definition) is 0. The van der Waals surface area contributed by atoms with E-state index in [0.717, 1.165) is 31.2 Å². The van der Waals surface area contributed by atoms with E-state index < -0.39 is 11.2 Å². The molecule has 1 saturated carbocycles. The molecule has 1 aromatic carbocycles. The third-order valence-electron chi connectivity index (χ3n) is 4.47. The van der Waals surface area contributed by atoms with E-state index in [-0.39, 0.29) is 0 Å². The highest BCUT2D eigenvalue weighted by atomic mass is 19.1. The SMILES string of the molecule is CC(C)(F)c1cc2c(cc1C1(N=C=O)CCC1)OCCCO2. The van der Waals surface area contributed by atoms with Crippen LogP contribution in [0.3, 0.4) is 0 Å². The van der Waals surface area contributed by atoms with E-state index in [9.17, 15) is 9.18 Å². The van der Waals surface area contributed by atoms with Crippen LogP contribution in [-0.4, -0.2) is 19.3 Å². The molecule has 1 aliphatic carbocycles. The van der Waals surface area contributed by atoms with E-state index in [1.165, 1.54) is 13.8 Å². The number of benzene rings is 1. The van der Waals surface area contributed by atoms with Crippen LogP contribution in [0.15, 0.2) is 17.1 Å². The lowest BCUT2D eigenvalue weighted by Crippen LogP contribution is -2.34. The summed E-state index contributed by atoms with van der Waals surface area (Å²) in [5.41, 5.74) is -0.985. The number of ether oxygens (including phenoxy) is 2. The summed E-state index contributed by atoms with van der Waals surface area (Å²) in [7, 11) is 0. The molecule has 5 heteroatoms. The van der Waals surface area contributed by atoms with Gasteiger partial charge in [-0.2, -0.15) is 4.99 Å². The standard InChI is InChI=1S/C17H20FNO3/c1-16(2,18)12-9-14-15(22-8-4-7-21-14)10-13(12)17(19-11-20)5-3-6-17/h9-10H,3-8H2,1-2H3. The third-order valence-corrected chi connectivity index (χ3v) is 4.47. The van der Waals surface area contributed by atoms with Gasteiger partial charge in [-0.1, -0.05) is 0 Å². The predicted molar refractivity (Wildman–Crippen MR) is 79.8 cm³/mol. The van der Waals surface area contributed by atoms with Gasteiger partial charge in [0, 0.05) is 6.42 Å². The van der Waals surface area contributed by atoms with Gasteiger partial charge in [0.1, 0.15) is 5.67 Å². The monoisotopic (exact) mass is 305 g/mol. The molecule has 0 N–H and O–H groups in total. The summed E-state index contributed by atoms with van der Waals surface area (Å²) in [4.78, 5) is 14.9. The van der Waals surface area contributed by atoms with Crippen molar-refractivity contribution in [2.45, 2.75) is 50.7 Å². The zero-order valence-corrected chi connectivity index (χ0v) is 12.9. The number of alkyl halides is 1. The Bertz CT molecular complexity index is 626. The van der Waals surface area contributed by atoms with Crippen molar-refractivity contribution in [3.05, 3.63) is 23.3 Å². The van der Waals surface area contributed by atoms with Crippen molar-refractivity contribution in [3.8, 4) is 11.5 Å². The number of nitrogens with zero attached hydrogens (tertiary/aromatic N) is 1. The molecule has 0 bridgehead atoms. The van der Waals surface area contributed by atoms with Crippen LogP contribution < -0.4 is 9.47 Å². The Balaban J connectivity index is 2.19. The molecule has 0 saturated heterocycles. The van der Waals surface area contributed by atoms with Crippen LogP contribution in [0.1, 0.15) is 50.7 Å². The van der Waals surface area contributed by atoms with Gasteiger partial charge in [-0.3, -0.25) is 0 Å². The molecular weight excluding hydrogens is 285 g/mol. The number of hydrogen-bond acceptors (Lipinski definition) is 4. The molecule has 1 heterocycles. The number of fused-ring (bicyclic) bond motifs is 1. The van der Waals surface area contributed by atoms with Crippen molar-refractivity contribution in [2.75, 3.05) is 13.2 Å². The fourth-order valence-corrected chi connectivity index (χ4v) is 3.13. The minimum absolute atomic E-state index is 0.510. The number of isocyanates is 1. The van der Waals surface area contributed by atoms with Crippen LogP contribution in [0.2, 0.25) is 0 Å². The lowest BCUT2D eigenvalue weighted by Gasteiger charge is -2.40. The lowest BCUT2D eigenvalue weighted by atomic mass is 9.69. The molecule has 0 aromatic heterocycles. The summed E-state index contributed by atoms with van der Waals surface area (Å²) in [6, 6.07) is 3.51. The van der Waals surface area contributed by atoms with Crippen LogP contribution in [0.5, 0.6) is 11.5 Å². The quantitative estimate of drug-likeness (QED) is 0.631. The number of aliphatic imine (C=N–C) groups is 1. The van der Waals surface area contributed by atoms with Crippen molar-refractivity contribution >= 4 is 6.08 Å². The first-order chi connectivity index (χ1) is 10.5. The number of rotatable bonds is 3. The second-order valence-electron chi connectivity index (χ2n) is 6.46. The Kier molecular flexibility index (Phi) is 3.69. The van der Waals surface area contributed by atoms with E-state index in [1.54, 1.807) is 18.2 Å². The van der Waals surface area contributed by atoms with E-state index in [4.69, 9.17) is 9.47 Å². The maximum Gasteiger partial charge on any atom is 0.235 e. The van der Waals surface area contributed by atoms with Crippen LogP contribution in [0.25, 0.3) is 0 Å². The van der Waals surface area contributed by atoms with E-state index in [2.05, 4.69) is 4.99 Å². The highest BCUT2D eigenvalue weighted by Gasteiger charge is 2.43. The van der Waals surface area contributed by atoms with Crippen LogP contribution in [0.4, 0.5) is 4.39 Å². The first-order valence-electron chi connectivity index (χ1n) is 7.69. The average Bonchev–Trinajstić information content (AvgIpc) is 2.65. The minimum Gasteiger partial charge on any atom is -0.490 e. The highest BCUT2D eigenvalue weighted by Crippen LogP contribution is 2.51. The molecular formula is C17H20FNO3. The van der Waals surface area contributed by atoms with Crippen LogP contribution >= 0.6 is 0 Å². The second kappa shape index (κ2) is 5.40. The molecule has 0 amide bonds. The fourth-order valence-electron chi connectivity index (χ4n) is 3.13. The van der Waals surface area contributed by atoms with Gasteiger partial charge >= 0.3 is 0 Å². The molecule has 1 aliphatic heterocycles. The summed E-state index contributed by atoms with van der Waals surface area (Å²) in [6.07, 6.45) is 4.87. The minimum atomic E-state index is -1.55. The van der Waals surface area contributed by atoms with Crippen molar-refractivity contribution in [1.82, 2.24) is 0 Å². The molecule has 0 unspecified atom stereocenters. The van der Waals surface area contributed by atoms with Crippen molar-refractivity contribution < 1.29 is 18.7 Å². The topological polar surface area (TPSA) is 47.9 Å². The molecule has 0 spiro atoms. The predicted octanol–water partition coefficient (Wildman–Crippen LogP) is 3.77. The zero-order valence-electron chi connectivity index (χ0n) is 12.9. The number of carbonyl (C=O) groups excluding carboxylic acids is 1. The van der Waals surface area contributed by atoms with Gasteiger partial charge in [-0.15, -0.1) is 0 Å². The van der Waals surface area contributed by atoms with Gasteiger partial charge in [0.05, 0.1) is 18.8 Å². The Morgan fingerprint density at radius 3 is 2.32 bits per heavy atom. The van der Waals surface area contributed by atoms with E-state index in [0.29, 0.717) is 30.3 Å². The van der Waals surface area contributed by atoms with Gasteiger partial charge in [0.2, 0.25) is 6.08 Å². The maximum absolute atomic E-state index is 14.7. The Morgan fingerprint density at radius 2 is 1.82 bits per heavy atom. The Labute approximate surface area is 129 Å². The molecule has 1 aromatic rings. The van der Waals surface area contributed by atoms with Gasteiger partial charge in [0.25, 0.3) is 0 Å². The van der Waals surface area contributed by atoms with E-state index >= 15 is 0 Å². The summed E-state index contributed by atoms with van der Waals surface area (Å²) in [6.45, 7) is 4.13. The molecule has 4 nitrogen and oxygen atoms in total. The Hall–Kier alpha value is -1.87. The van der Waals surface area contributed by atoms with Crippen molar-refractivity contribution in [1.29, 1.82) is 0 Å². The van der Waals surface area contributed by atoms with Crippen LogP contribution in [-0.2, 0) is 16.0 Å². The molecule has 118 valence electrons. The largest absolute Gasteiger partial charge is 0.490 e. The second-order valence-corrected chi connectivity index (χ2v) is 6.46. The molecule has 0 radical (unpaired) electrons. The summed E-state index contributed by atoms with van der Waals surface area (Å²) < 4.78 is 26.1. The van der Waals surface area contributed by atoms with Gasteiger partial charge in [0.15, 0.2) is 11.5 Å². The normalized spacial score (nSPS) is 19.6. The molecule has 1 fully saturated rings. The smallest absolute Gasteiger partial charge is 0.235 e. The molecule has 2 aliphatic rings. The van der Waals surface area contributed by atoms with Crippen molar-refractivity contribution in [2.24, 2.45) is 4.99 Å². The van der Waals surface area contributed by atoms with E-state index in [1.807, 2.05) is 0 Å². The summed E-state index contributed by atoms with van der Waals surface area (Å²) >= 11 is 0.